The number of amidine groups is 1. The lowest BCUT2D eigenvalue weighted by Crippen LogP contribution is -2.45. The lowest BCUT2D eigenvalue weighted by molar-refractivity contribution is 0.411. The molecule has 0 saturated carbocycles. The molecule has 0 aliphatic carbocycles. The van der Waals surface area contributed by atoms with Crippen LogP contribution in [0.3, 0.4) is 0 Å². The number of para-hydroxylation sites is 3. The fraction of sp³-hybridized carbons (Fsp3) is 0.0392. The van der Waals surface area contributed by atoms with Crippen molar-refractivity contribution in [2.75, 3.05) is 0 Å². The van der Waals surface area contributed by atoms with E-state index in [0.29, 0.717) is 0 Å². The first-order valence-electron chi connectivity index (χ1n) is 19.4. The maximum atomic E-state index is 6.86. The molecule has 11 aromatic rings. The molecule has 0 saturated heterocycles. The summed E-state index contributed by atoms with van der Waals surface area (Å²) in [7, 11) is 0. The Labute approximate surface area is 332 Å². The van der Waals surface area contributed by atoms with E-state index < -0.39 is 0 Å². The fourth-order valence-electron chi connectivity index (χ4n) is 8.86. The van der Waals surface area contributed by atoms with Gasteiger partial charge in [0.2, 0.25) is 0 Å². The van der Waals surface area contributed by atoms with Gasteiger partial charge in [-0.15, -0.1) is 11.3 Å². The predicted octanol–water partition coefficient (Wildman–Crippen LogP) is 13.1. The van der Waals surface area contributed by atoms with Crippen molar-refractivity contribution in [2.45, 2.75) is 12.3 Å². The van der Waals surface area contributed by atoms with E-state index >= 15 is 0 Å². The van der Waals surface area contributed by atoms with Crippen LogP contribution in [-0.4, -0.2) is 10.4 Å². The molecular formula is C51H34N4OS. The Bertz CT molecular complexity index is 3320. The van der Waals surface area contributed by atoms with Crippen LogP contribution in [0.1, 0.15) is 29.0 Å². The number of hydrogen-bond donors (Lipinski definition) is 2. The molecule has 0 fully saturated rings. The van der Waals surface area contributed by atoms with E-state index in [0.717, 1.165) is 55.7 Å². The van der Waals surface area contributed by atoms with Crippen molar-refractivity contribution in [2.24, 2.45) is 4.99 Å². The maximum absolute atomic E-state index is 6.86. The molecule has 0 bridgehead atoms. The zero-order valence-electron chi connectivity index (χ0n) is 30.7. The van der Waals surface area contributed by atoms with Crippen molar-refractivity contribution < 1.29 is 4.42 Å². The van der Waals surface area contributed by atoms with Crippen molar-refractivity contribution in [3.63, 3.8) is 0 Å². The summed E-state index contributed by atoms with van der Waals surface area (Å²) in [5.74, 6) is 0.880. The summed E-state index contributed by atoms with van der Waals surface area (Å²) in [4.78, 5) is 5.16. The molecule has 2 unspecified atom stereocenters. The predicted molar refractivity (Wildman–Crippen MR) is 238 cm³/mol. The molecule has 0 radical (unpaired) electrons. The van der Waals surface area contributed by atoms with Crippen LogP contribution in [0, 0.1) is 0 Å². The third-order valence-corrected chi connectivity index (χ3v) is 12.6. The molecule has 4 heterocycles. The van der Waals surface area contributed by atoms with Crippen LogP contribution in [0.2, 0.25) is 0 Å². The van der Waals surface area contributed by atoms with Gasteiger partial charge in [0.15, 0.2) is 5.58 Å². The molecule has 12 rings (SSSR count). The van der Waals surface area contributed by atoms with Crippen molar-refractivity contribution in [3.05, 3.63) is 199 Å². The minimum Gasteiger partial charge on any atom is -0.454 e. The summed E-state index contributed by atoms with van der Waals surface area (Å²) < 4.78 is 11.7. The van der Waals surface area contributed by atoms with Crippen molar-refractivity contribution >= 4 is 81.1 Å². The second kappa shape index (κ2) is 12.8. The molecule has 2 atom stereocenters. The molecule has 3 aromatic heterocycles. The van der Waals surface area contributed by atoms with E-state index in [1.165, 1.54) is 47.5 Å². The van der Waals surface area contributed by atoms with Crippen LogP contribution in [0.4, 0.5) is 0 Å². The van der Waals surface area contributed by atoms with Crippen LogP contribution in [0.15, 0.2) is 191 Å². The minimum atomic E-state index is -0.200. The first-order chi connectivity index (χ1) is 28.2. The topological polar surface area (TPSA) is 54.5 Å². The molecule has 6 heteroatoms. The van der Waals surface area contributed by atoms with Gasteiger partial charge in [-0.3, -0.25) is 5.32 Å². The van der Waals surface area contributed by atoms with E-state index in [1.54, 1.807) is 0 Å². The highest BCUT2D eigenvalue weighted by molar-refractivity contribution is 7.25. The lowest BCUT2D eigenvalue weighted by Gasteiger charge is -2.32. The molecule has 0 spiro atoms. The summed E-state index contributed by atoms with van der Waals surface area (Å²) in [5, 5.41) is 14.8. The summed E-state index contributed by atoms with van der Waals surface area (Å²) in [6.07, 6.45) is -0.363. The summed E-state index contributed by atoms with van der Waals surface area (Å²) in [5.41, 5.74) is 10.8. The monoisotopic (exact) mass is 750 g/mol. The van der Waals surface area contributed by atoms with E-state index in [1.807, 2.05) is 17.4 Å². The van der Waals surface area contributed by atoms with E-state index in [9.17, 15) is 0 Å². The molecule has 1 aliphatic heterocycles. The Hall–Kier alpha value is -6.99. The molecule has 5 nitrogen and oxygen atoms in total. The number of nitrogens with one attached hydrogen (secondary N) is 2. The van der Waals surface area contributed by atoms with Crippen LogP contribution in [-0.2, 0) is 0 Å². The SMILES string of the molecule is c1ccc(C2=NC(c3ccccc3)NC(c3cccc4sc5ccc(-c6ccc7c(c6)oc6c(-n8c9ccccc9c9ccccc98)cccc67)cc5c34)N2)cc1. The Morgan fingerprint density at radius 1 is 0.526 bits per heavy atom. The summed E-state index contributed by atoms with van der Waals surface area (Å²) >= 11 is 1.84. The first-order valence-corrected chi connectivity index (χ1v) is 20.2. The molecular weight excluding hydrogens is 717 g/mol. The highest BCUT2D eigenvalue weighted by atomic mass is 32.1. The summed E-state index contributed by atoms with van der Waals surface area (Å²) in [6, 6.07) is 64.8. The largest absolute Gasteiger partial charge is 0.454 e. The van der Waals surface area contributed by atoms with Gasteiger partial charge in [-0.1, -0.05) is 133 Å². The van der Waals surface area contributed by atoms with Crippen LogP contribution >= 0.6 is 11.3 Å². The van der Waals surface area contributed by atoms with Crippen LogP contribution in [0.25, 0.3) is 80.7 Å². The van der Waals surface area contributed by atoms with Gasteiger partial charge in [0, 0.05) is 47.3 Å². The quantitative estimate of drug-likeness (QED) is 0.184. The standard InChI is InChI=1S/C51H34N4OS/c1-3-13-31(14-4-1)49-52-50(32-15-5-2-6-16-32)54-51(53-49)39-20-12-24-46-47(39)40-29-33(26-28-45(40)57-46)34-25-27-37-38-19-11-23-43(48(38)56-44(37)30-34)55-41-21-9-7-17-35(41)36-18-8-10-22-42(36)55/h1-30,49,51,53H,(H,52,54). The number of nitrogens with zero attached hydrogens (tertiary/aromatic N) is 2. The number of fused-ring (bicyclic) bond motifs is 9. The Kier molecular flexibility index (Phi) is 7.24. The molecule has 8 aromatic carbocycles. The summed E-state index contributed by atoms with van der Waals surface area (Å²) in [6.45, 7) is 0. The number of benzene rings is 8. The molecule has 57 heavy (non-hydrogen) atoms. The average molecular weight is 751 g/mol. The van der Waals surface area contributed by atoms with Gasteiger partial charge in [-0.2, -0.15) is 0 Å². The van der Waals surface area contributed by atoms with Gasteiger partial charge in [-0.05, 0) is 70.8 Å². The zero-order chi connectivity index (χ0) is 37.5. The number of furan rings is 1. The number of rotatable bonds is 5. The second-order valence-corrected chi connectivity index (χ2v) is 15.9. The van der Waals surface area contributed by atoms with Crippen LogP contribution in [0.5, 0.6) is 0 Å². The highest BCUT2D eigenvalue weighted by Crippen LogP contribution is 2.42. The van der Waals surface area contributed by atoms with E-state index in [2.05, 4.69) is 191 Å². The van der Waals surface area contributed by atoms with Crippen molar-refractivity contribution in [3.8, 4) is 16.8 Å². The molecule has 2 N–H and O–H groups in total. The number of thiophene rings is 1. The zero-order valence-corrected chi connectivity index (χ0v) is 31.5. The van der Waals surface area contributed by atoms with Gasteiger partial charge in [0.05, 0.1) is 16.7 Å². The third kappa shape index (κ3) is 5.15. The number of aromatic nitrogens is 1. The third-order valence-electron chi connectivity index (χ3n) is 11.5. The fourth-order valence-corrected chi connectivity index (χ4v) is 9.98. The van der Waals surface area contributed by atoms with E-state index in [-0.39, 0.29) is 12.3 Å². The van der Waals surface area contributed by atoms with Gasteiger partial charge in [0.25, 0.3) is 0 Å². The average Bonchev–Trinajstić information content (AvgIpc) is 3.96. The Morgan fingerprint density at radius 2 is 1.21 bits per heavy atom. The molecule has 1 aliphatic rings. The number of aliphatic imine (C=N–C) groups is 1. The Morgan fingerprint density at radius 3 is 2.02 bits per heavy atom. The minimum absolute atomic E-state index is 0.163. The maximum Gasteiger partial charge on any atom is 0.159 e. The van der Waals surface area contributed by atoms with Gasteiger partial charge < -0.3 is 14.3 Å². The van der Waals surface area contributed by atoms with Crippen molar-refractivity contribution in [1.82, 2.24) is 15.2 Å². The molecule has 270 valence electrons. The van der Waals surface area contributed by atoms with E-state index in [4.69, 9.17) is 9.41 Å². The van der Waals surface area contributed by atoms with Gasteiger partial charge in [0.1, 0.15) is 23.8 Å². The van der Waals surface area contributed by atoms with Crippen LogP contribution < -0.4 is 10.6 Å². The van der Waals surface area contributed by atoms with Crippen molar-refractivity contribution in [1.29, 1.82) is 0 Å². The highest BCUT2D eigenvalue weighted by Gasteiger charge is 2.27. The van der Waals surface area contributed by atoms with Gasteiger partial charge in [-0.25, -0.2) is 4.99 Å². The Balaban J connectivity index is 0.975. The van der Waals surface area contributed by atoms with Gasteiger partial charge >= 0.3 is 0 Å². The lowest BCUT2D eigenvalue weighted by atomic mass is 9.98. The first kappa shape index (κ1) is 32.3. The molecule has 0 amide bonds. The smallest absolute Gasteiger partial charge is 0.159 e. The normalized spacial score (nSPS) is 15.9. The number of hydrogen-bond acceptors (Lipinski definition) is 5. The second-order valence-electron chi connectivity index (χ2n) is 14.8.